The summed E-state index contributed by atoms with van der Waals surface area (Å²) in [5.74, 6) is 0.0183. The highest BCUT2D eigenvalue weighted by molar-refractivity contribution is 5.23. The van der Waals surface area contributed by atoms with E-state index in [2.05, 4.69) is 6.92 Å². The summed E-state index contributed by atoms with van der Waals surface area (Å²) in [5.41, 5.74) is 8.33. The van der Waals surface area contributed by atoms with Gasteiger partial charge in [0.2, 0.25) is 0 Å². The van der Waals surface area contributed by atoms with Gasteiger partial charge < -0.3 is 10.8 Å². The lowest BCUT2D eigenvalue weighted by Crippen LogP contribution is -2.26. The van der Waals surface area contributed by atoms with Crippen molar-refractivity contribution in [2.45, 2.75) is 25.5 Å². The van der Waals surface area contributed by atoms with Crippen LogP contribution >= 0.6 is 0 Å². The maximum absolute atomic E-state index is 10.5. The Morgan fingerprint density at radius 1 is 0.895 bits per heavy atom. The van der Waals surface area contributed by atoms with Gasteiger partial charge in [0.15, 0.2) is 0 Å². The lowest BCUT2D eigenvalue weighted by Gasteiger charge is -2.28. The molecule has 0 heterocycles. The summed E-state index contributed by atoms with van der Waals surface area (Å²) in [6, 6.07) is 19.6. The van der Waals surface area contributed by atoms with Crippen LogP contribution in [-0.4, -0.2) is 5.11 Å². The summed E-state index contributed by atoms with van der Waals surface area (Å²) in [4.78, 5) is 0. The second kappa shape index (κ2) is 6.50. The van der Waals surface area contributed by atoms with Crippen LogP contribution in [0.15, 0.2) is 60.7 Å². The van der Waals surface area contributed by atoms with Crippen molar-refractivity contribution in [3.63, 3.8) is 0 Å². The molecule has 0 radical (unpaired) electrons. The molecular weight excluding hydrogens is 234 g/mol. The minimum absolute atomic E-state index is 0.0183. The Balaban J connectivity index is 2.20. The first kappa shape index (κ1) is 13.8. The molecule has 0 fully saturated rings. The van der Waals surface area contributed by atoms with Crippen LogP contribution in [0, 0.1) is 5.92 Å². The fourth-order valence-corrected chi connectivity index (χ4v) is 2.49. The zero-order valence-electron chi connectivity index (χ0n) is 11.2. The molecule has 0 saturated heterocycles. The van der Waals surface area contributed by atoms with Crippen LogP contribution in [-0.2, 0) is 0 Å². The van der Waals surface area contributed by atoms with E-state index in [4.69, 9.17) is 5.73 Å². The lowest BCUT2D eigenvalue weighted by atomic mass is 9.84. The summed E-state index contributed by atoms with van der Waals surface area (Å²) in [6.45, 7) is 2.07. The van der Waals surface area contributed by atoms with Gasteiger partial charge in [-0.05, 0) is 17.5 Å². The van der Waals surface area contributed by atoms with Gasteiger partial charge in [-0.1, -0.05) is 67.6 Å². The third-order valence-corrected chi connectivity index (χ3v) is 3.66. The monoisotopic (exact) mass is 255 g/mol. The van der Waals surface area contributed by atoms with E-state index in [1.807, 2.05) is 60.7 Å². The van der Waals surface area contributed by atoms with Crippen molar-refractivity contribution in [1.29, 1.82) is 0 Å². The predicted octanol–water partition coefficient (Wildman–Crippen LogP) is 3.45. The number of nitrogens with two attached hydrogens (primary N) is 1. The second-order valence-electron chi connectivity index (χ2n) is 4.86. The second-order valence-corrected chi connectivity index (χ2v) is 4.86. The third-order valence-electron chi connectivity index (χ3n) is 3.66. The molecule has 0 aliphatic rings. The smallest absolute Gasteiger partial charge is 0.0836 e. The molecule has 0 aliphatic heterocycles. The van der Waals surface area contributed by atoms with Gasteiger partial charge in [-0.3, -0.25) is 0 Å². The van der Waals surface area contributed by atoms with Crippen LogP contribution in [0.4, 0.5) is 0 Å². The fraction of sp³-hybridized carbons (Fsp3) is 0.294. The van der Waals surface area contributed by atoms with Crippen LogP contribution in [0.25, 0.3) is 0 Å². The van der Waals surface area contributed by atoms with Crippen molar-refractivity contribution in [3.8, 4) is 0 Å². The zero-order chi connectivity index (χ0) is 13.7. The Hall–Kier alpha value is -1.64. The van der Waals surface area contributed by atoms with E-state index in [0.717, 1.165) is 17.5 Å². The summed E-state index contributed by atoms with van der Waals surface area (Å²) in [7, 11) is 0. The summed E-state index contributed by atoms with van der Waals surface area (Å²) in [5, 5.41) is 10.5. The molecule has 2 aromatic rings. The average molecular weight is 255 g/mol. The van der Waals surface area contributed by atoms with Gasteiger partial charge in [-0.15, -0.1) is 0 Å². The maximum atomic E-state index is 10.5. The van der Waals surface area contributed by atoms with Gasteiger partial charge in [0.1, 0.15) is 0 Å². The van der Waals surface area contributed by atoms with Crippen molar-refractivity contribution >= 4 is 0 Å². The first-order chi connectivity index (χ1) is 9.24. The maximum Gasteiger partial charge on any atom is 0.0836 e. The SMILES string of the molecule is CC[C@H]([C@H](N)c1ccccc1)[C@H](O)c1ccccc1. The molecule has 0 aromatic heterocycles. The highest BCUT2D eigenvalue weighted by Crippen LogP contribution is 2.33. The summed E-state index contributed by atoms with van der Waals surface area (Å²) in [6.07, 6.45) is 0.313. The molecule has 0 spiro atoms. The van der Waals surface area contributed by atoms with Gasteiger partial charge in [0.25, 0.3) is 0 Å². The first-order valence-corrected chi connectivity index (χ1v) is 6.77. The van der Waals surface area contributed by atoms with E-state index < -0.39 is 6.10 Å². The minimum atomic E-state index is -0.526. The van der Waals surface area contributed by atoms with E-state index in [1.165, 1.54) is 0 Å². The Morgan fingerprint density at radius 3 is 1.84 bits per heavy atom. The molecule has 0 saturated carbocycles. The zero-order valence-corrected chi connectivity index (χ0v) is 11.2. The molecule has 0 amide bonds. The Labute approximate surface area is 114 Å². The van der Waals surface area contributed by atoms with Crippen molar-refractivity contribution in [2.75, 3.05) is 0 Å². The lowest BCUT2D eigenvalue weighted by molar-refractivity contribution is 0.0898. The van der Waals surface area contributed by atoms with Crippen molar-refractivity contribution in [1.82, 2.24) is 0 Å². The van der Waals surface area contributed by atoms with Crippen molar-refractivity contribution < 1.29 is 5.11 Å². The van der Waals surface area contributed by atoms with Crippen LogP contribution in [0.2, 0.25) is 0 Å². The van der Waals surface area contributed by atoms with Crippen LogP contribution in [0.5, 0.6) is 0 Å². The predicted molar refractivity (Wildman–Crippen MR) is 78.6 cm³/mol. The summed E-state index contributed by atoms with van der Waals surface area (Å²) >= 11 is 0. The quantitative estimate of drug-likeness (QED) is 0.859. The van der Waals surface area contributed by atoms with E-state index in [-0.39, 0.29) is 12.0 Å². The molecule has 2 aromatic carbocycles. The van der Waals surface area contributed by atoms with Gasteiger partial charge in [0, 0.05) is 12.0 Å². The first-order valence-electron chi connectivity index (χ1n) is 6.77. The van der Waals surface area contributed by atoms with E-state index in [1.54, 1.807) is 0 Å². The Kier molecular flexibility index (Phi) is 4.72. The number of aliphatic hydroxyl groups excluding tert-OH is 1. The van der Waals surface area contributed by atoms with Crippen LogP contribution in [0.1, 0.15) is 36.6 Å². The molecule has 0 bridgehead atoms. The molecule has 0 unspecified atom stereocenters. The van der Waals surface area contributed by atoms with Gasteiger partial charge in [-0.2, -0.15) is 0 Å². The number of hydrogen-bond acceptors (Lipinski definition) is 2. The normalized spacial score (nSPS) is 15.7. The molecule has 2 rings (SSSR count). The number of benzene rings is 2. The van der Waals surface area contributed by atoms with Gasteiger partial charge in [0.05, 0.1) is 6.10 Å². The Bertz CT molecular complexity index is 438. The van der Waals surface area contributed by atoms with Gasteiger partial charge >= 0.3 is 0 Å². The number of aliphatic hydroxyl groups is 1. The van der Waals surface area contributed by atoms with Gasteiger partial charge in [-0.25, -0.2) is 0 Å². The molecule has 2 nitrogen and oxygen atoms in total. The van der Waals surface area contributed by atoms with Crippen molar-refractivity contribution in [2.24, 2.45) is 11.7 Å². The van der Waals surface area contributed by atoms with Crippen molar-refractivity contribution in [3.05, 3.63) is 71.8 Å². The van der Waals surface area contributed by atoms with E-state index >= 15 is 0 Å². The highest BCUT2D eigenvalue weighted by Gasteiger charge is 2.26. The molecule has 0 aliphatic carbocycles. The fourth-order valence-electron chi connectivity index (χ4n) is 2.49. The average Bonchev–Trinajstić information content (AvgIpc) is 2.49. The van der Waals surface area contributed by atoms with E-state index in [9.17, 15) is 5.11 Å². The minimum Gasteiger partial charge on any atom is -0.388 e. The molecular formula is C17H21NO. The van der Waals surface area contributed by atoms with Crippen LogP contribution in [0.3, 0.4) is 0 Å². The third kappa shape index (κ3) is 3.22. The number of rotatable bonds is 5. The molecule has 3 N–H and O–H groups in total. The van der Waals surface area contributed by atoms with Crippen LogP contribution < -0.4 is 5.73 Å². The molecule has 19 heavy (non-hydrogen) atoms. The Morgan fingerprint density at radius 2 is 1.37 bits per heavy atom. The highest BCUT2D eigenvalue weighted by atomic mass is 16.3. The standard InChI is InChI=1S/C17H21NO/c1-2-15(16(18)13-9-5-3-6-10-13)17(19)14-11-7-4-8-12-14/h3-12,15-17,19H,2,18H2,1H3/t15-,16-,17-/m1/s1. The molecule has 3 atom stereocenters. The topological polar surface area (TPSA) is 46.2 Å². The largest absolute Gasteiger partial charge is 0.388 e. The molecule has 100 valence electrons. The summed E-state index contributed by atoms with van der Waals surface area (Å²) < 4.78 is 0. The number of hydrogen-bond donors (Lipinski definition) is 2. The van der Waals surface area contributed by atoms with E-state index in [0.29, 0.717) is 0 Å². The molecule has 2 heteroatoms.